The average Bonchev–Trinajstić information content (AvgIpc) is 1.60. The van der Waals surface area contributed by atoms with Gasteiger partial charge in [-0.3, -0.25) is 0 Å². The van der Waals surface area contributed by atoms with Crippen LogP contribution >= 0.6 is 0 Å². The molecule has 5 heterocycles. The van der Waals surface area contributed by atoms with Gasteiger partial charge in [0.2, 0.25) is 0 Å². The van der Waals surface area contributed by atoms with Gasteiger partial charge in [0.25, 0.3) is 0 Å². The van der Waals surface area contributed by atoms with E-state index in [0.29, 0.717) is 234 Å². The third kappa shape index (κ3) is 25.3. The summed E-state index contributed by atoms with van der Waals surface area (Å²) in [5.41, 5.74) is 9.22. The second-order valence-electron chi connectivity index (χ2n) is 28.8. The van der Waals surface area contributed by atoms with Gasteiger partial charge in [-0.2, -0.15) is 0 Å². The first-order valence-electron chi connectivity index (χ1n) is 43.6. The van der Waals surface area contributed by atoms with Crippen LogP contribution < -0.4 is 57.5 Å². The van der Waals surface area contributed by atoms with Crippen molar-refractivity contribution in [3.05, 3.63) is 170 Å². The highest BCUT2D eigenvalue weighted by Crippen LogP contribution is 2.41. The summed E-state index contributed by atoms with van der Waals surface area (Å²) in [6.07, 6.45) is 0. The van der Waals surface area contributed by atoms with E-state index < -0.39 is 0 Å². The van der Waals surface area contributed by atoms with E-state index in [1.54, 1.807) is 0 Å². The smallest absolute Gasteiger partial charge is 0.164 e. The normalized spacial score (nSPS) is 11.5. The van der Waals surface area contributed by atoms with Gasteiger partial charge >= 0.3 is 0 Å². The number of ether oxygens (including phenoxy) is 16. The lowest BCUT2D eigenvalue weighted by molar-refractivity contribution is 0.0274. The number of hydrogen-bond donors (Lipinski definition) is 2. The molecule has 2 aliphatic heterocycles. The number of rotatable bonds is 56. The Hall–Kier alpha value is -11.6. The van der Waals surface area contributed by atoms with Gasteiger partial charge in [0, 0.05) is 143 Å². The fraction of sp³-hybridized carbons (Fsp3) is 0.417. The SMILES string of the molecule is CCN(CC)c1cccc(OCCOCCOCCOc2ccc3c(c2)-c2nc-3nc3[nH]c(nc4nc(nc5[nH]c(n2)c2ccc(OCCOCCOCCOc6cccc(N(CC)CC)c6)cc52)-c2ccc(OCCOCCOCCOc5cccc(N(CC)CC)c5)cc2-4)c2ccc(OCCOCCOCCOc4cccc(N(CC)CC)c4)cc32)c1. The van der Waals surface area contributed by atoms with Crippen LogP contribution in [0.15, 0.2) is 170 Å². The second-order valence-corrected chi connectivity index (χ2v) is 28.8. The van der Waals surface area contributed by atoms with Crippen LogP contribution in [0.1, 0.15) is 55.4 Å². The molecule has 0 radical (unpaired) electrons. The summed E-state index contributed by atoms with van der Waals surface area (Å²) >= 11 is 0. The number of fused-ring (bicyclic) bond motifs is 20. The Morgan fingerprint density at radius 3 is 0.661 bits per heavy atom. The van der Waals surface area contributed by atoms with E-state index >= 15 is 0 Å². The number of nitrogens with zero attached hydrogens (tertiary/aromatic N) is 10. The van der Waals surface area contributed by atoms with Crippen LogP contribution in [-0.2, 0) is 37.9 Å². The minimum Gasteiger partial charge on any atom is -0.491 e. The number of benzene rings is 8. The molecule has 0 fully saturated rings. The van der Waals surface area contributed by atoms with Crippen molar-refractivity contribution in [3.8, 4) is 91.5 Å². The number of H-pyrrole nitrogens is 2. The van der Waals surface area contributed by atoms with E-state index in [-0.39, 0.29) is 26.4 Å². The molecule has 11 aromatic rings. The molecule has 0 unspecified atom stereocenters. The Balaban J connectivity index is 0.730. The molecule has 0 amide bonds. The molecule has 8 bridgehead atoms. The first-order chi connectivity index (χ1) is 61.1. The lowest BCUT2D eigenvalue weighted by atomic mass is 10.1. The molecular formula is C96H118N12O16. The summed E-state index contributed by atoms with van der Waals surface area (Å²) in [4.78, 5) is 48.2. The van der Waals surface area contributed by atoms with Crippen molar-refractivity contribution in [2.45, 2.75) is 55.4 Å². The van der Waals surface area contributed by atoms with Crippen LogP contribution in [-0.4, -0.2) is 251 Å². The number of nitrogens with one attached hydrogen (secondary N) is 2. The van der Waals surface area contributed by atoms with Crippen molar-refractivity contribution in [2.75, 3.05) is 231 Å². The van der Waals surface area contributed by atoms with Crippen LogP contribution in [0.3, 0.4) is 0 Å². The molecule has 0 atom stereocenters. The quantitative estimate of drug-likeness (QED) is 0.0335. The maximum atomic E-state index is 6.40. The van der Waals surface area contributed by atoms with Gasteiger partial charge in [-0.25, -0.2) is 29.9 Å². The van der Waals surface area contributed by atoms with Crippen molar-refractivity contribution in [3.63, 3.8) is 0 Å². The van der Waals surface area contributed by atoms with E-state index in [4.69, 9.17) is 106 Å². The summed E-state index contributed by atoms with van der Waals surface area (Å²) in [7, 11) is 0. The van der Waals surface area contributed by atoms with Crippen LogP contribution in [0.2, 0.25) is 0 Å². The van der Waals surface area contributed by atoms with E-state index in [0.717, 1.165) is 109 Å². The Labute approximate surface area is 726 Å². The van der Waals surface area contributed by atoms with E-state index in [2.05, 4.69) is 133 Å². The van der Waals surface area contributed by atoms with E-state index in [9.17, 15) is 0 Å². The monoisotopic (exact) mass is 1690 g/mol. The lowest BCUT2D eigenvalue weighted by Gasteiger charge is -2.21. The zero-order valence-electron chi connectivity index (χ0n) is 72.8. The zero-order chi connectivity index (χ0) is 85.9. The maximum Gasteiger partial charge on any atom is 0.164 e. The van der Waals surface area contributed by atoms with E-state index in [1.165, 1.54) is 0 Å². The van der Waals surface area contributed by atoms with Crippen LogP contribution in [0, 0.1) is 0 Å². The molecule has 0 aliphatic carbocycles. The molecular weight excluding hydrogens is 1580 g/mol. The van der Waals surface area contributed by atoms with Crippen LogP contribution in [0.4, 0.5) is 22.7 Å². The van der Waals surface area contributed by atoms with Crippen molar-refractivity contribution >= 4 is 66.9 Å². The number of anilines is 4. The molecule has 13 rings (SSSR count). The third-order valence-corrected chi connectivity index (χ3v) is 21.0. The number of aromatic amines is 2. The topological polar surface area (TPSA) is 270 Å². The van der Waals surface area contributed by atoms with Gasteiger partial charge in [-0.15, -0.1) is 0 Å². The van der Waals surface area contributed by atoms with Gasteiger partial charge in [-0.1, -0.05) is 24.3 Å². The van der Waals surface area contributed by atoms with Gasteiger partial charge in [0.1, 0.15) is 121 Å². The summed E-state index contributed by atoms with van der Waals surface area (Å²) < 4.78 is 97.1. The summed E-state index contributed by atoms with van der Waals surface area (Å²) in [5, 5.41) is 2.91. The molecule has 0 spiro atoms. The predicted molar refractivity (Wildman–Crippen MR) is 487 cm³/mol. The molecule has 2 aliphatic rings. The zero-order valence-corrected chi connectivity index (χ0v) is 72.8. The largest absolute Gasteiger partial charge is 0.491 e. The van der Waals surface area contributed by atoms with Gasteiger partial charge in [0.05, 0.1) is 106 Å². The average molecular weight is 1700 g/mol. The van der Waals surface area contributed by atoms with Crippen molar-refractivity contribution in [2.24, 2.45) is 0 Å². The highest BCUT2D eigenvalue weighted by molar-refractivity contribution is 6.07. The standard InChI is InChI=1S/C96H118N12O16/c1-9-105(10-2)69-21-17-25-73(61-69)117-53-45-109-37-41-113-49-57-121-77-29-33-81-85(65-77)93-97-89(81)102-94-87-67-79(123-59-51-115-43-39-111-47-55-119-75-27-19-23-71(63-75)107(13-5)14-6)31-35-83(87)91(99-94)104-96-88-68-80(124-60-52-116-44-40-112-48-56-120-76-28-20-24-72(64-76)108(15-7)16-8)32-36-84(88)92(100-96)103-95-86-66-78(30-34-82(86)90(98-95)101-93)122-58-50-114-42-38-110-46-54-118-74-26-18-22-70(62-74)106(11-3)12-4/h17-36,61-68H,9-16,37-60H2,1-8H3,(H2,97,98,99,100,101,102,103,104). The lowest BCUT2D eigenvalue weighted by Crippen LogP contribution is -2.21. The maximum absolute atomic E-state index is 6.40. The molecule has 3 aromatic heterocycles. The number of hydrogen-bond acceptors (Lipinski definition) is 26. The van der Waals surface area contributed by atoms with Gasteiger partial charge in [-0.05, 0) is 177 Å². The van der Waals surface area contributed by atoms with Crippen molar-refractivity contribution < 1.29 is 75.8 Å². The fourth-order valence-corrected chi connectivity index (χ4v) is 14.5. The van der Waals surface area contributed by atoms with Gasteiger partial charge < -0.3 is 105 Å². The first kappa shape index (κ1) is 90.1. The Morgan fingerprint density at radius 1 is 0.202 bits per heavy atom. The van der Waals surface area contributed by atoms with Gasteiger partial charge in [0.15, 0.2) is 23.3 Å². The molecule has 0 saturated heterocycles. The van der Waals surface area contributed by atoms with Crippen LogP contribution in [0.5, 0.6) is 46.0 Å². The predicted octanol–water partition coefficient (Wildman–Crippen LogP) is 16.2. The Bertz CT molecular complexity index is 5010. The molecule has 28 nitrogen and oxygen atoms in total. The Kier molecular flexibility index (Phi) is 34.8. The minimum absolute atomic E-state index is 0.268. The van der Waals surface area contributed by atoms with Crippen molar-refractivity contribution in [1.82, 2.24) is 39.9 Å². The fourth-order valence-electron chi connectivity index (χ4n) is 14.5. The first-order valence-corrected chi connectivity index (χ1v) is 43.6. The van der Waals surface area contributed by atoms with Crippen molar-refractivity contribution in [1.29, 1.82) is 0 Å². The molecule has 8 aromatic carbocycles. The molecule has 0 saturated carbocycles. The number of aromatic nitrogens is 8. The Morgan fingerprint density at radius 2 is 0.411 bits per heavy atom. The third-order valence-electron chi connectivity index (χ3n) is 21.0. The molecule has 28 heteroatoms. The van der Waals surface area contributed by atoms with Crippen LogP contribution in [0.25, 0.3) is 89.7 Å². The molecule has 124 heavy (non-hydrogen) atoms. The summed E-state index contributed by atoms with van der Waals surface area (Å²) in [6, 6.07) is 55.7. The minimum atomic E-state index is 0.268. The molecule has 658 valence electrons. The second kappa shape index (κ2) is 47.9. The summed E-state index contributed by atoms with van der Waals surface area (Å²) in [6.45, 7) is 33.4. The highest BCUT2D eigenvalue weighted by Gasteiger charge is 2.25. The highest BCUT2D eigenvalue weighted by atomic mass is 16.6. The molecule has 2 N–H and O–H groups in total. The van der Waals surface area contributed by atoms with E-state index in [1.807, 2.05) is 121 Å². The summed E-state index contributed by atoms with van der Waals surface area (Å²) in [5.74, 6) is 7.13.